The Labute approximate surface area is 317 Å². The van der Waals surface area contributed by atoms with E-state index in [0.29, 0.717) is 17.6 Å². The summed E-state index contributed by atoms with van der Waals surface area (Å²) in [4.78, 5) is 49.7. The van der Waals surface area contributed by atoms with Crippen LogP contribution in [0.1, 0.15) is 48.3 Å². The third-order valence-corrected chi connectivity index (χ3v) is 7.92. The van der Waals surface area contributed by atoms with Crippen molar-refractivity contribution in [3.05, 3.63) is 139 Å². The molecule has 0 saturated heterocycles. The van der Waals surface area contributed by atoms with Gasteiger partial charge in [0.25, 0.3) is 17.0 Å². The van der Waals surface area contributed by atoms with Crippen LogP contribution in [0.5, 0.6) is 11.5 Å². The number of rotatable bonds is 6. The lowest BCUT2D eigenvalue weighted by atomic mass is 10.1. The lowest BCUT2D eigenvalue weighted by Gasteiger charge is -2.22. The topological polar surface area (TPSA) is 154 Å². The van der Waals surface area contributed by atoms with Gasteiger partial charge in [0.2, 0.25) is 0 Å². The maximum atomic E-state index is 13.3. The van der Waals surface area contributed by atoms with E-state index in [0.717, 1.165) is 14.0 Å². The third kappa shape index (κ3) is 8.01. The Bertz CT molecular complexity index is 2850. The van der Waals surface area contributed by atoms with Crippen LogP contribution in [0, 0.1) is 0 Å². The molecule has 0 aliphatic heterocycles. The van der Waals surface area contributed by atoms with Crippen LogP contribution in [0.25, 0.3) is 21.8 Å². The molecular weight excluding hydrogens is 695 g/mol. The number of pyridine rings is 2. The number of carboxylic acids is 1. The minimum Gasteiger partial charge on any atom is -0.506 e. The highest BCUT2D eigenvalue weighted by molar-refractivity contribution is 6.36. The normalized spacial score (nSPS) is 13.2. The molecule has 6 rings (SSSR count). The van der Waals surface area contributed by atoms with Crippen LogP contribution in [0.4, 0.5) is 11.4 Å². The van der Waals surface area contributed by atoms with E-state index in [4.69, 9.17) is 42.0 Å². The molecule has 11 nitrogen and oxygen atoms in total. The van der Waals surface area contributed by atoms with Gasteiger partial charge in [0.15, 0.2) is 5.56 Å². The smallest absolute Gasteiger partial charge is 0.345 e. The number of carboxylic acid groups (broad SMARTS) is 1. The van der Waals surface area contributed by atoms with Gasteiger partial charge in [-0.3, -0.25) is 14.4 Å². The van der Waals surface area contributed by atoms with Gasteiger partial charge in [-0.15, -0.1) is 0 Å². The van der Waals surface area contributed by atoms with Crippen molar-refractivity contribution in [2.45, 2.75) is 13.8 Å². The highest BCUT2D eigenvalue weighted by atomic mass is 35.5. The molecule has 0 aliphatic rings. The SMILES string of the molecule is Cn1c(=O)c(C(=O)O)c(O)c2c(Cl)cccc21.[2H]c1c([2H])c([2H])c(N(CC)C(=O)c2c(O)c3c(Cl)cccc3n(C)c2=O)c([2H])c1[2H].[2H]c1c([2H])c([2H])c(NCC)c([2H])c1[2H]. The van der Waals surface area contributed by atoms with Crippen molar-refractivity contribution in [3.63, 3.8) is 0 Å². The predicted octanol–water partition coefficient (Wildman–Crippen LogP) is 7.28. The van der Waals surface area contributed by atoms with Crippen molar-refractivity contribution >= 4 is 68.3 Å². The highest BCUT2D eigenvalue weighted by Gasteiger charge is 2.27. The first-order valence-corrected chi connectivity index (χ1v) is 15.7. The highest BCUT2D eigenvalue weighted by Crippen LogP contribution is 2.34. The van der Waals surface area contributed by atoms with E-state index in [1.54, 1.807) is 31.2 Å². The van der Waals surface area contributed by atoms with Crippen molar-refractivity contribution in [2.24, 2.45) is 14.1 Å². The summed E-state index contributed by atoms with van der Waals surface area (Å²) in [5.74, 6) is -3.71. The molecule has 51 heavy (non-hydrogen) atoms. The molecule has 0 aliphatic carbocycles. The number of aromatic hydroxyl groups is 2. The first-order valence-electron chi connectivity index (χ1n) is 19.9. The standard InChI is InChI=1S/C19H17ClN2O3.C11H8ClNO4.C8H11N/c1-3-22(12-8-5-4-6-9-12)19(25)16-17(23)15-13(20)10-7-11-14(15)21(2)18(16)24;1-13-6-4-2-3-5(12)7(6)9(14)8(10(13)15)11(16)17;1-2-9-8-6-4-3-5-7-8/h4-11,23H,3H2,1-2H3;2-4,14H,1H3,(H,16,17);3-7,9H,2H2,1H3/i4D,5D,6D,8D,9D;;3D,4D,5D,6D,7D. The van der Waals surface area contributed by atoms with E-state index in [1.165, 1.54) is 33.2 Å². The molecular formula is C38H36Cl2N4O7. The van der Waals surface area contributed by atoms with E-state index in [-0.39, 0.29) is 68.9 Å². The second-order valence-electron chi connectivity index (χ2n) is 10.3. The fourth-order valence-corrected chi connectivity index (χ4v) is 5.40. The fraction of sp³-hybridized carbons (Fsp3) is 0.158. The number of aromatic carboxylic acids is 1. The summed E-state index contributed by atoms with van der Waals surface area (Å²) in [6.07, 6.45) is 0. The van der Waals surface area contributed by atoms with Gasteiger partial charge in [0.1, 0.15) is 17.1 Å². The average molecular weight is 742 g/mol. The van der Waals surface area contributed by atoms with Crippen molar-refractivity contribution in [1.29, 1.82) is 0 Å². The molecule has 6 aromatic rings. The number of anilines is 2. The molecule has 0 atom stereocenters. The van der Waals surface area contributed by atoms with Gasteiger partial charge in [-0.1, -0.05) is 71.6 Å². The number of carbonyl (C=O) groups excluding carboxylic acids is 1. The van der Waals surface area contributed by atoms with Crippen LogP contribution in [-0.4, -0.2) is 49.4 Å². The molecule has 264 valence electrons. The lowest BCUT2D eigenvalue weighted by molar-refractivity contribution is 0.0691. The summed E-state index contributed by atoms with van der Waals surface area (Å²) in [6, 6.07) is 5.01. The molecule has 0 bridgehead atoms. The van der Waals surface area contributed by atoms with Gasteiger partial charge in [0.05, 0.1) is 45.6 Å². The summed E-state index contributed by atoms with van der Waals surface area (Å²) in [7, 11) is 2.84. The number of aromatic nitrogens is 2. The van der Waals surface area contributed by atoms with Crippen LogP contribution in [0.15, 0.2) is 106 Å². The predicted molar refractivity (Wildman–Crippen MR) is 203 cm³/mol. The van der Waals surface area contributed by atoms with Crippen LogP contribution in [0.3, 0.4) is 0 Å². The number of hydrogen-bond acceptors (Lipinski definition) is 7. The Balaban J connectivity index is 0.000000223. The molecule has 0 unspecified atom stereocenters. The largest absolute Gasteiger partial charge is 0.506 e. The van der Waals surface area contributed by atoms with Gasteiger partial charge in [-0.2, -0.15) is 0 Å². The second-order valence-corrected chi connectivity index (χ2v) is 11.1. The summed E-state index contributed by atoms with van der Waals surface area (Å²) in [5, 5.41) is 32.8. The number of nitrogens with zero attached hydrogens (tertiary/aromatic N) is 3. The summed E-state index contributed by atoms with van der Waals surface area (Å²) < 4.78 is 79.0. The lowest BCUT2D eigenvalue weighted by Crippen LogP contribution is -2.36. The minimum atomic E-state index is -1.48. The average Bonchev–Trinajstić information content (AvgIpc) is 3.22. The zero-order chi connectivity index (χ0) is 46.1. The maximum Gasteiger partial charge on any atom is 0.345 e. The Morgan fingerprint density at radius 3 is 1.67 bits per heavy atom. The van der Waals surface area contributed by atoms with Crippen molar-refractivity contribution in [3.8, 4) is 11.5 Å². The van der Waals surface area contributed by atoms with E-state index >= 15 is 0 Å². The van der Waals surface area contributed by atoms with Gasteiger partial charge in [0, 0.05) is 38.6 Å². The van der Waals surface area contributed by atoms with E-state index in [1.807, 2.05) is 0 Å². The fourth-order valence-electron chi connectivity index (χ4n) is 4.88. The number of carbonyl (C=O) groups is 2. The molecule has 2 aromatic heterocycles. The van der Waals surface area contributed by atoms with Crippen molar-refractivity contribution in [1.82, 2.24) is 9.13 Å². The van der Waals surface area contributed by atoms with Gasteiger partial charge in [-0.25, -0.2) is 4.79 Å². The second kappa shape index (κ2) is 16.8. The van der Waals surface area contributed by atoms with Crippen LogP contribution >= 0.6 is 23.2 Å². The quantitative estimate of drug-likeness (QED) is 0.139. The Morgan fingerprint density at radius 1 is 0.765 bits per heavy atom. The molecule has 0 fully saturated rings. The zero-order valence-corrected chi connectivity index (χ0v) is 29.0. The number of benzene rings is 4. The Kier molecular flexibility index (Phi) is 8.57. The number of halogens is 2. The number of para-hydroxylation sites is 2. The number of fused-ring (bicyclic) bond motifs is 2. The first kappa shape index (κ1) is 26.1. The third-order valence-electron chi connectivity index (χ3n) is 7.29. The molecule has 0 spiro atoms. The number of hydrogen-bond donors (Lipinski definition) is 4. The molecule has 4 aromatic carbocycles. The summed E-state index contributed by atoms with van der Waals surface area (Å²) in [5.41, 5.74) is -2.38. The summed E-state index contributed by atoms with van der Waals surface area (Å²) in [6.45, 7) is 3.73. The number of aryl methyl sites for hydroxylation is 2. The monoisotopic (exact) mass is 740 g/mol. The number of nitrogens with one attached hydrogen (secondary N) is 1. The van der Waals surface area contributed by atoms with Gasteiger partial charge >= 0.3 is 5.97 Å². The molecule has 0 radical (unpaired) electrons. The van der Waals surface area contributed by atoms with Gasteiger partial charge < -0.3 is 34.7 Å². The molecule has 4 N–H and O–H groups in total. The van der Waals surface area contributed by atoms with E-state index in [9.17, 15) is 29.4 Å². The van der Waals surface area contributed by atoms with Crippen molar-refractivity contribution < 1.29 is 38.6 Å². The van der Waals surface area contributed by atoms with Crippen LogP contribution < -0.4 is 21.3 Å². The van der Waals surface area contributed by atoms with Crippen LogP contribution in [-0.2, 0) is 14.1 Å². The van der Waals surface area contributed by atoms with E-state index in [2.05, 4.69) is 5.32 Å². The first-order chi connectivity index (χ1) is 28.5. The van der Waals surface area contributed by atoms with Gasteiger partial charge in [-0.05, 0) is 62.3 Å². The molecule has 1 amide bonds. The maximum absolute atomic E-state index is 13.3. The van der Waals surface area contributed by atoms with Crippen molar-refractivity contribution in [2.75, 3.05) is 23.3 Å². The zero-order valence-electron chi connectivity index (χ0n) is 37.5. The molecule has 13 heteroatoms. The Morgan fingerprint density at radius 2 is 1.22 bits per heavy atom. The molecule has 0 saturated carbocycles. The summed E-state index contributed by atoms with van der Waals surface area (Å²) >= 11 is 12.1. The number of amides is 1. The van der Waals surface area contributed by atoms with E-state index < -0.39 is 75.8 Å². The minimum absolute atomic E-state index is 0.0988. The molecule has 2 heterocycles. The Hall–Kier alpha value is -5.78. The van der Waals surface area contributed by atoms with Crippen LogP contribution in [0.2, 0.25) is 10.0 Å².